The molecule has 0 aromatic heterocycles. The number of anilines is 1. The first-order valence-corrected chi connectivity index (χ1v) is 12.5. The molecule has 39 heavy (non-hydrogen) atoms. The minimum Gasteiger partial charge on any atom is -0.409 e. The van der Waals surface area contributed by atoms with Crippen molar-refractivity contribution < 1.29 is 27.5 Å². The van der Waals surface area contributed by atoms with Gasteiger partial charge in [0, 0.05) is 24.2 Å². The van der Waals surface area contributed by atoms with Crippen LogP contribution in [0.5, 0.6) is 5.75 Å². The number of ether oxygens (including phenoxy) is 1. The molecule has 5 rings (SSSR count). The molecule has 0 saturated heterocycles. The molecule has 0 fully saturated rings. The number of amides is 1. The van der Waals surface area contributed by atoms with Crippen LogP contribution in [0.2, 0.25) is 0 Å². The number of carbonyl (C=O) groups is 2. The number of carbonyl (C=O) groups excluding carboxylic acids is 2. The molecule has 0 bridgehead atoms. The lowest BCUT2D eigenvalue weighted by atomic mass is 9.89. The minimum absolute atomic E-state index is 0.0714. The van der Waals surface area contributed by atoms with Crippen LogP contribution in [-0.2, 0) is 23.8 Å². The highest BCUT2D eigenvalue weighted by molar-refractivity contribution is 5.90. The second kappa shape index (κ2) is 11.1. The molecule has 0 aliphatic carbocycles. The SMILES string of the molecule is O=C(Nc1ccc2c(c1)CCNC2C(=O)Cc1ccccc1)Oc1ccccc1-c1ccc(C(F)(F)F)cc1. The first kappa shape index (κ1) is 26.2. The van der Waals surface area contributed by atoms with Gasteiger partial charge in [0.05, 0.1) is 11.6 Å². The van der Waals surface area contributed by atoms with Gasteiger partial charge in [0.2, 0.25) is 0 Å². The standard InChI is InChI=1S/C31H25F3N2O3/c32-31(33,34)23-12-10-21(11-13-23)25-8-4-5-9-28(25)39-30(38)36-24-14-15-26-22(19-24)16-17-35-29(26)27(37)18-20-6-2-1-3-7-20/h1-15,19,29,35H,16-18H2,(H,36,38). The number of fused-ring (bicyclic) bond motifs is 1. The molecule has 1 unspecified atom stereocenters. The highest BCUT2D eigenvalue weighted by atomic mass is 19.4. The zero-order valence-electron chi connectivity index (χ0n) is 20.8. The number of para-hydroxylation sites is 1. The fourth-order valence-electron chi connectivity index (χ4n) is 4.71. The van der Waals surface area contributed by atoms with Crippen LogP contribution in [0, 0.1) is 0 Å². The Morgan fingerprint density at radius 3 is 2.36 bits per heavy atom. The van der Waals surface area contributed by atoms with Crippen LogP contribution in [0.3, 0.4) is 0 Å². The summed E-state index contributed by atoms with van der Waals surface area (Å²) in [5.41, 5.74) is 3.53. The molecule has 1 heterocycles. The van der Waals surface area contributed by atoms with Gasteiger partial charge in [0.25, 0.3) is 0 Å². The number of hydrogen-bond donors (Lipinski definition) is 2. The number of nitrogens with one attached hydrogen (secondary N) is 2. The first-order chi connectivity index (χ1) is 18.8. The maximum Gasteiger partial charge on any atom is 0.417 e. The summed E-state index contributed by atoms with van der Waals surface area (Å²) in [6.07, 6.45) is -4.15. The number of benzene rings is 4. The fraction of sp³-hybridized carbons (Fsp3) is 0.161. The van der Waals surface area contributed by atoms with Gasteiger partial charge in [0.1, 0.15) is 5.75 Å². The molecular weight excluding hydrogens is 505 g/mol. The molecule has 4 aromatic rings. The summed E-state index contributed by atoms with van der Waals surface area (Å²) in [5, 5.41) is 6.01. The van der Waals surface area contributed by atoms with E-state index in [0.29, 0.717) is 36.2 Å². The molecule has 1 aliphatic heterocycles. The second-order valence-electron chi connectivity index (χ2n) is 9.27. The van der Waals surface area contributed by atoms with E-state index >= 15 is 0 Å². The van der Waals surface area contributed by atoms with Crippen LogP contribution in [-0.4, -0.2) is 18.4 Å². The van der Waals surface area contributed by atoms with Gasteiger partial charge in [-0.25, -0.2) is 4.79 Å². The largest absolute Gasteiger partial charge is 0.417 e. The fourth-order valence-corrected chi connectivity index (χ4v) is 4.71. The summed E-state index contributed by atoms with van der Waals surface area (Å²) >= 11 is 0. The zero-order valence-corrected chi connectivity index (χ0v) is 20.8. The predicted molar refractivity (Wildman–Crippen MR) is 143 cm³/mol. The third-order valence-corrected chi connectivity index (χ3v) is 6.60. The summed E-state index contributed by atoms with van der Waals surface area (Å²) < 4.78 is 44.3. The lowest BCUT2D eigenvalue weighted by Crippen LogP contribution is -2.36. The van der Waals surface area contributed by atoms with Crippen LogP contribution in [0.15, 0.2) is 97.1 Å². The molecule has 2 N–H and O–H groups in total. The van der Waals surface area contributed by atoms with Crippen molar-refractivity contribution in [3.63, 3.8) is 0 Å². The van der Waals surface area contributed by atoms with Gasteiger partial charge >= 0.3 is 12.3 Å². The summed E-state index contributed by atoms with van der Waals surface area (Å²) in [7, 11) is 0. The number of ketones is 1. The molecule has 8 heteroatoms. The number of rotatable bonds is 6. The third-order valence-electron chi connectivity index (χ3n) is 6.60. The van der Waals surface area contributed by atoms with Crippen LogP contribution in [0.25, 0.3) is 11.1 Å². The smallest absolute Gasteiger partial charge is 0.409 e. The lowest BCUT2D eigenvalue weighted by Gasteiger charge is -2.26. The highest BCUT2D eigenvalue weighted by Gasteiger charge is 2.30. The van der Waals surface area contributed by atoms with Crippen molar-refractivity contribution in [3.8, 4) is 16.9 Å². The molecule has 1 atom stereocenters. The zero-order chi connectivity index (χ0) is 27.4. The topological polar surface area (TPSA) is 67.4 Å². The number of halogens is 3. The molecule has 198 valence electrons. The van der Waals surface area contributed by atoms with Crippen LogP contribution < -0.4 is 15.4 Å². The number of hydrogen-bond acceptors (Lipinski definition) is 4. The van der Waals surface area contributed by atoms with Crippen molar-refractivity contribution in [2.24, 2.45) is 0 Å². The normalized spacial score (nSPS) is 14.8. The Hall–Kier alpha value is -4.43. The highest BCUT2D eigenvalue weighted by Crippen LogP contribution is 2.34. The van der Waals surface area contributed by atoms with Crippen LogP contribution >= 0.6 is 0 Å². The van der Waals surface area contributed by atoms with Gasteiger partial charge < -0.3 is 10.1 Å². The molecule has 4 aromatic carbocycles. The molecule has 0 saturated carbocycles. The van der Waals surface area contributed by atoms with Gasteiger partial charge in [-0.15, -0.1) is 0 Å². The van der Waals surface area contributed by atoms with Gasteiger partial charge in [-0.1, -0.05) is 66.7 Å². The van der Waals surface area contributed by atoms with Crippen molar-refractivity contribution in [2.75, 3.05) is 11.9 Å². The molecule has 1 amide bonds. The minimum atomic E-state index is -4.44. The van der Waals surface area contributed by atoms with Crippen molar-refractivity contribution in [2.45, 2.75) is 25.1 Å². The maximum atomic E-state index is 13.0. The van der Waals surface area contributed by atoms with Crippen LogP contribution in [0.1, 0.15) is 28.3 Å². The Bertz CT molecular complexity index is 1490. The van der Waals surface area contributed by atoms with Crippen molar-refractivity contribution >= 4 is 17.6 Å². The van der Waals surface area contributed by atoms with Crippen molar-refractivity contribution in [1.29, 1.82) is 0 Å². The van der Waals surface area contributed by atoms with Crippen LogP contribution in [0.4, 0.5) is 23.7 Å². The second-order valence-corrected chi connectivity index (χ2v) is 9.27. The monoisotopic (exact) mass is 530 g/mol. The quantitative estimate of drug-likeness (QED) is 0.282. The predicted octanol–water partition coefficient (Wildman–Crippen LogP) is 6.98. The Balaban J connectivity index is 1.28. The molecule has 0 radical (unpaired) electrons. The Labute approximate surface area is 223 Å². The van der Waals surface area contributed by atoms with Gasteiger partial charge in [0.15, 0.2) is 5.78 Å². The van der Waals surface area contributed by atoms with E-state index in [-0.39, 0.29) is 11.5 Å². The van der Waals surface area contributed by atoms with E-state index in [4.69, 9.17) is 4.74 Å². The molecular formula is C31H25F3N2O3. The maximum absolute atomic E-state index is 13.0. The Morgan fingerprint density at radius 2 is 1.62 bits per heavy atom. The van der Waals surface area contributed by atoms with E-state index in [1.807, 2.05) is 42.5 Å². The Morgan fingerprint density at radius 1 is 0.897 bits per heavy atom. The van der Waals surface area contributed by atoms with E-state index in [9.17, 15) is 22.8 Å². The summed E-state index contributed by atoms with van der Waals surface area (Å²) in [5.74, 6) is 0.283. The van der Waals surface area contributed by atoms with E-state index in [0.717, 1.165) is 28.8 Å². The summed E-state index contributed by atoms with van der Waals surface area (Å²) in [4.78, 5) is 25.8. The molecule has 1 aliphatic rings. The van der Waals surface area contributed by atoms with Gasteiger partial charge in [-0.3, -0.25) is 10.1 Å². The Kier molecular flexibility index (Phi) is 7.47. The average molecular weight is 531 g/mol. The van der Waals surface area contributed by atoms with Crippen molar-refractivity contribution in [3.05, 3.63) is 119 Å². The summed E-state index contributed by atoms with van der Waals surface area (Å²) in [6.45, 7) is 0.632. The summed E-state index contributed by atoms with van der Waals surface area (Å²) in [6, 6.07) is 25.8. The van der Waals surface area contributed by atoms with E-state index in [2.05, 4.69) is 10.6 Å². The molecule has 5 nitrogen and oxygen atoms in total. The van der Waals surface area contributed by atoms with Gasteiger partial charge in [-0.05, 0) is 59.0 Å². The number of Topliss-reactive ketones (excluding diaryl/α,β-unsaturated/α-hetero) is 1. The lowest BCUT2D eigenvalue weighted by molar-refractivity contribution is -0.137. The van der Waals surface area contributed by atoms with Crippen molar-refractivity contribution in [1.82, 2.24) is 5.32 Å². The number of alkyl halides is 3. The van der Waals surface area contributed by atoms with E-state index < -0.39 is 23.9 Å². The average Bonchev–Trinajstić information content (AvgIpc) is 2.93. The van der Waals surface area contributed by atoms with E-state index in [1.54, 1.807) is 30.3 Å². The van der Waals surface area contributed by atoms with E-state index in [1.165, 1.54) is 12.1 Å². The first-order valence-electron chi connectivity index (χ1n) is 12.5. The molecule has 0 spiro atoms. The third kappa shape index (κ3) is 6.18. The van der Waals surface area contributed by atoms with Gasteiger partial charge in [-0.2, -0.15) is 13.2 Å².